The Bertz CT molecular complexity index is 749. The van der Waals surface area contributed by atoms with Gasteiger partial charge in [0.25, 0.3) is 5.91 Å². The molecule has 2 aromatic rings. The van der Waals surface area contributed by atoms with E-state index in [2.05, 4.69) is 22.3 Å². The van der Waals surface area contributed by atoms with E-state index >= 15 is 0 Å². The molecule has 6 heteroatoms. The van der Waals surface area contributed by atoms with Crippen LogP contribution in [0.2, 0.25) is 10.0 Å². The van der Waals surface area contributed by atoms with Gasteiger partial charge in [0.05, 0.1) is 29.8 Å². The van der Waals surface area contributed by atoms with Gasteiger partial charge in [0.1, 0.15) is 0 Å². The summed E-state index contributed by atoms with van der Waals surface area (Å²) < 4.78 is 5.48. The highest BCUT2D eigenvalue weighted by Crippen LogP contribution is 2.26. The first-order valence-corrected chi connectivity index (χ1v) is 9.44. The summed E-state index contributed by atoms with van der Waals surface area (Å²) in [6, 6.07) is 15.1. The Kier molecular flexibility index (Phi) is 6.54. The van der Waals surface area contributed by atoms with Gasteiger partial charge in [-0.25, -0.2) is 0 Å². The molecule has 1 aliphatic rings. The van der Waals surface area contributed by atoms with E-state index in [0.717, 1.165) is 13.1 Å². The molecule has 26 heavy (non-hydrogen) atoms. The van der Waals surface area contributed by atoms with E-state index in [-0.39, 0.29) is 18.0 Å². The third-order valence-electron chi connectivity index (χ3n) is 4.59. The van der Waals surface area contributed by atoms with E-state index in [9.17, 15) is 4.79 Å². The Balaban J connectivity index is 1.80. The van der Waals surface area contributed by atoms with Crippen LogP contribution < -0.4 is 5.32 Å². The largest absolute Gasteiger partial charge is 0.379 e. The third-order valence-corrected chi connectivity index (χ3v) is 5.14. The molecule has 1 aliphatic heterocycles. The summed E-state index contributed by atoms with van der Waals surface area (Å²) in [5.74, 6) is -0.201. The SMILES string of the molecule is C[C@H](NC(=O)c1ccc(Cl)cc1Cl)[C@@H](c1ccccc1)N1CCOCC1. The highest BCUT2D eigenvalue weighted by molar-refractivity contribution is 6.36. The molecule has 1 heterocycles. The molecule has 0 saturated carbocycles. The summed E-state index contributed by atoms with van der Waals surface area (Å²) in [5.41, 5.74) is 1.60. The normalized spacial score (nSPS) is 17.5. The van der Waals surface area contributed by atoms with Gasteiger partial charge in [-0.2, -0.15) is 0 Å². The summed E-state index contributed by atoms with van der Waals surface area (Å²) >= 11 is 12.1. The van der Waals surface area contributed by atoms with E-state index in [1.54, 1.807) is 18.2 Å². The van der Waals surface area contributed by atoms with Gasteiger partial charge in [-0.15, -0.1) is 0 Å². The number of carbonyl (C=O) groups is 1. The van der Waals surface area contributed by atoms with Crippen molar-refractivity contribution in [3.05, 3.63) is 69.7 Å². The summed E-state index contributed by atoms with van der Waals surface area (Å²) in [6.07, 6.45) is 0. The Hall–Kier alpha value is -1.59. The molecule has 0 bridgehead atoms. The van der Waals surface area contributed by atoms with Crippen LogP contribution in [0.15, 0.2) is 48.5 Å². The van der Waals surface area contributed by atoms with Crippen molar-refractivity contribution in [2.75, 3.05) is 26.3 Å². The monoisotopic (exact) mass is 392 g/mol. The predicted octanol–water partition coefficient (Wildman–Crippen LogP) is 4.19. The highest BCUT2D eigenvalue weighted by Gasteiger charge is 2.29. The minimum Gasteiger partial charge on any atom is -0.379 e. The first-order chi connectivity index (χ1) is 12.6. The van der Waals surface area contributed by atoms with Gasteiger partial charge in [-0.3, -0.25) is 9.69 Å². The van der Waals surface area contributed by atoms with Crippen LogP contribution in [0.3, 0.4) is 0 Å². The quantitative estimate of drug-likeness (QED) is 0.829. The van der Waals surface area contributed by atoms with Crippen molar-refractivity contribution >= 4 is 29.1 Å². The molecule has 0 radical (unpaired) electrons. The molecule has 2 atom stereocenters. The van der Waals surface area contributed by atoms with Crippen molar-refractivity contribution in [1.29, 1.82) is 0 Å². The van der Waals surface area contributed by atoms with Crippen molar-refractivity contribution in [3.8, 4) is 0 Å². The number of benzene rings is 2. The number of nitrogens with one attached hydrogen (secondary N) is 1. The number of halogens is 2. The smallest absolute Gasteiger partial charge is 0.253 e. The topological polar surface area (TPSA) is 41.6 Å². The first-order valence-electron chi connectivity index (χ1n) is 8.69. The molecule has 1 fully saturated rings. The molecule has 1 amide bonds. The van der Waals surface area contributed by atoms with Gasteiger partial charge < -0.3 is 10.1 Å². The van der Waals surface area contributed by atoms with Crippen LogP contribution in [0.5, 0.6) is 0 Å². The zero-order valence-corrected chi connectivity index (χ0v) is 16.1. The minimum absolute atomic E-state index is 0.0649. The van der Waals surface area contributed by atoms with Crippen molar-refractivity contribution in [3.63, 3.8) is 0 Å². The minimum atomic E-state index is -0.201. The number of amides is 1. The standard InChI is InChI=1S/C20H22Cl2N2O2/c1-14(23-20(25)17-8-7-16(21)13-18(17)22)19(15-5-3-2-4-6-15)24-9-11-26-12-10-24/h2-8,13-14,19H,9-12H2,1H3,(H,23,25)/t14-,19-/m0/s1. The molecule has 4 nitrogen and oxygen atoms in total. The summed E-state index contributed by atoms with van der Waals surface area (Å²) in [7, 11) is 0. The molecule has 0 unspecified atom stereocenters. The lowest BCUT2D eigenvalue weighted by Gasteiger charge is -2.38. The van der Waals surface area contributed by atoms with Gasteiger partial charge in [-0.05, 0) is 30.7 Å². The van der Waals surface area contributed by atoms with Crippen LogP contribution in [0.4, 0.5) is 0 Å². The van der Waals surface area contributed by atoms with Gasteiger partial charge in [0, 0.05) is 24.2 Å². The number of hydrogen-bond donors (Lipinski definition) is 1. The van der Waals surface area contributed by atoms with Crippen LogP contribution in [0.1, 0.15) is 28.9 Å². The molecule has 0 spiro atoms. The van der Waals surface area contributed by atoms with Crippen molar-refractivity contribution < 1.29 is 9.53 Å². The lowest BCUT2D eigenvalue weighted by Crippen LogP contribution is -2.48. The first kappa shape index (κ1) is 19.2. The number of nitrogens with zero attached hydrogens (tertiary/aromatic N) is 1. The number of ether oxygens (including phenoxy) is 1. The molecule has 138 valence electrons. The lowest BCUT2D eigenvalue weighted by atomic mass is 9.97. The summed E-state index contributed by atoms with van der Waals surface area (Å²) in [4.78, 5) is 15.1. The molecular weight excluding hydrogens is 371 g/mol. The lowest BCUT2D eigenvalue weighted by molar-refractivity contribution is 0.00888. The van der Waals surface area contributed by atoms with Crippen LogP contribution in [-0.4, -0.2) is 43.2 Å². The number of morpholine rings is 1. The molecule has 0 aromatic heterocycles. The fourth-order valence-corrected chi connectivity index (χ4v) is 3.85. The van der Waals surface area contributed by atoms with Gasteiger partial charge in [0.2, 0.25) is 0 Å². The number of hydrogen-bond acceptors (Lipinski definition) is 3. The highest BCUT2D eigenvalue weighted by atomic mass is 35.5. The van der Waals surface area contributed by atoms with Gasteiger partial charge in [-0.1, -0.05) is 53.5 Å². The maximum atomic E-state index is 12.7. The molecule has 2 aromatic carbocycles. The van der Waals surface area contributed by atoms with E-state index in [4.69, 9.17) is 27.9 Å². The maximum absolute atomic E-state index is 12.7. The second kappa shape index (κ2) is 8.87. The summed E-state index contributed by atoms with van der Waals surface area (Å²) in [5, 5.41) is 3.96. The van der Waals surface area contributed by atoms with Crippen LogP contribution >= 0.6 is 23.2 Å². The molecule has 0 aliphatic carbocycles. The molecule has 1 saturated heterocycles. The summed E-state index contributed by atoms with van der Waals surface area (Å²) in [6.45, 7) is 5.10. The fourth-order valence-electron chi connectivity index (χ4n) is 3.36. The van der Waals surface area contributed by atoms with E-state index in [1.807, 2.05) is 25.1 Å². The van der Waals surface area contributed by atoms with E-state index in [0.29, 0.717) is 28.8 Å². The van der Waals surface area contributed by atoms with Crippen LogP contribution in [0.25, 0.3) is 0 Å². The van der Waals surface area contributed by atoms with Crippen molar-refractivity contribution in [2.45, 2.75) is 19.0 Å². The van der Waals surface area contributed by atoms with E-state index < -0.39 is 0 Å². The fraction of sp³-hybridized carbons (Fsp3) is 0.350. The van der Waals surface area contributed by atoms with Gasteiger partial charge in [0.15, 0.2) is 0 Å². The predicted molar refractivity (Wildman–Crippen MR) is 105 cm³/mol. The van der Waals surface area contributed by atoms with Gasteiger partial charge >= 0.3 is 0 Å². The average Bonchev–Trinajstić information content (AvgIpc) is 2.63. The third kappa shape index (κ3) is 4.57. The molecular formula is C20H22Cl2N2O2. The van der Waals surface area contributed by atoms with E-state index in [1.165, 1.54) is 5.56 Å². The Labute approximate surface area is 164 Å². The Morgan fingerprint density at radius 3 is 2.46 bits per heavy atom. The number of rotatable bonds is 5. The molecule has 3 rings (SSSR count). The second-order valence-electron chi connectivity index (χ2n) is 6.39. The van der Waals surface area contributed by atoms with Crippen LogP contribution in [0, 0.1) is 0 Å². The average molecular weight is 393 g/mol. The second-order valence-corrected chi connectivity index (χ2v) is 7.23. The Morgan fingerprint density at radius 2 is 1.81 bits per heavy atom. The number of carbonyl (C=O) groups excluding carboxylic acids is 1. The van der Waals surface area contributed by atoms with Crippen molar-refractivity contribution in [2.24, 2.45) is 0 Å². The maximum Gasteiger partial charge on any atom is 0.253 e. The van der Waals surface area contributed by atoms with Crippen LogP contribution in [-0.2, 0) is 4.74 Å². The Morgan fingerprint density at radius 1 is 1.12 bits per heavy atom. The zero-order chi connectivity index (χ0) is 18.5. The van der Waals surface area contributed by atoms with Crippen molar-refractivity contribution in [1.82, 2.24) is 10.2 Å². The molecule has 1 N–H and O–H groups in total. The zero-order valence-electron chi connectivity index (χ0n) is 14.6.